The third kappa shape index (κ3) is 4.19. The van der Waals surface area contributed by atoms with Gasteiger partial charge in [-0.25, -0.2) is 0 Å². The molecule has 1 rings (SSSR count). The van der Waals surface area contributed by atoms with Crippen molar-refractivity contribution in [3.8, 4) is 0 Å². The first kappa shape index (κ1) is 13.7. The normalized spacial score (nSPS) is 13.1. The predicted octanol–water partition coefficient (Wildman–Crippen LogP) is 2.43. The van der Waals surface area contributed by atoms with Crippen molar-refractivity contribution < 1.29 is 14.7 Å². The summed E-state index contributed by atoms with van der Waals surface area (Å²) in [5.74, 6) is -1.06. The summed E-state index contributed by atoms with van der Waals surface area (Å²) in [7, 11) is 0. The first-order valence-electron chi connectivity index (χ1n) is 5.37. The van der Waals surface area contributed by atoms with E-state index in [1.165, 1.54) is 11.3 Å². The summed E-state index contributed by atoms with van der Waals surface area (Å²) in [6.07, 6.45) is -0.0949. The first-order valence-corrected chi connectivity index (χ1v) is 6.25. The fraction of sp³-hybridized carbons (Fsp3) is 0.500. The Balaban J connectivity index is 2.79. The van der Waals surface area contributed by atoms with Gasteiger partial charge in [0.1, 0.15) is 0 Å². The van der Waals surface area contributed by atoms with Crippen molar-refractivity contribution in [2.24, 2.45) is 5.41 Å². The maximum absolute atomic E-state index is 11.9. The van der Waals surface area contributed by atoms with Gasteiger partial charge in [-0.3, -0.25) is 9.59 Å². The van der Waals surface area contributed by atoms with Crippen LogP contribution in [-0.2, 0) is 9.59 Å². The van der Waals surface area contributed by atoms with Gasteiger partial charge in [-0.1, -0.05) is 26.8 Å². The van der Waals surface area contributed by atoms with Gasteiger partial charge in [-0.05, 0) is 11.4 Å². The fourth-order valence-corrected chi connectivity index (χ4v) is 2.04. The van der Waals surface area contributed by atoms with Crippen LogP contribution in [0, 0.1) is 5.41 Å². The summed E-state index contributed by atoms with van der Waals surface area (Å²) in [5, 5.41) is 13.5. The van der Waals surface area contributed by atoms with Gasteiger partial charge in [0, 0.05) is 10.3 Å². The molecule has 1 amide bonds. The number of hydrogen-bond donors (Lipinski definition) is 2. The molecule has 0 aliphatic carbocycles. The Morgan fingerprint density at radius 3 is 2.53 bits per heavy atom. The fourth-order valence-electron chi connectivity index (χ4n) is 1.26. The largest absolute Gasteiger partial charge is 0.481 e. The maximum Gasteiger partial charge on any atom is 0.305 e. The van der Waals surface area contributed by atoms with Crippen LogP contribution in [0.25, 0.3) is 0 Å². The second-order valence-corrected chi connectivity index (χ2v) is 5.87. The van der Waals surface area contributed by atoms with E-state index in [-0.39, 0.29) is 12.3 Å². The number of carboxylic acid groups (broad SMARTS) is 1. The van der Waals surface area contributed by atoms with Crippen molar-refractivity contribution in [2.45, 2.75) is 33.2 Å². The third-order valence-corrected chi connectivity index (χ3v) is 3.24. The van der Waals surface area contributed by atoms with E-state index in [0.717, 1.165) is 4.88 Å². The van der Waals surface area contributed by atoms with E-state index in [2.05, 4.69) is 5.32 Å². The van der Waals surface area contributed by atoms with Gasteiger partial charge in [0.25, 0.3) is 0 Å². The monoisotopic (exact) mass is 255 g/mol. The Kier molecular flexibility index (Phi) is 4.28. The number of aliphatic carboxylic acids is 1. The average Bonchev–Trinajstić information content (AvgIpc) is 2.66. The summed E-state index contributed by atoms with van der Waals surface area (Å²) in [5.41, 5.74) is -0.520. The summed E-state index contributed by atoms with van der Waals surface area (Å²) < 4.78 is 0. The number of hydrogen-bond acceptors (Lipinski definition) is 3. The SMILES string of the molecule is CC(C)(C)C(=O)NC(CC(=O)O)c1cccs1. The summed E-state index contributed by atoms with van der Waals surface area (Å²) in [6, 6.07) is 3.23. The molecule has 0 aromatic carbocycles. The van der Waals surface area contributed by atoms with Crippen molar-refractivity contribution in [1.82, 2.24) is 5.32 Å². The molecular formula is C12H17NO3S. The molecule has 0 saturated carbocycles. The molecule has 1 atom stereocenters. The first-order chi connectivity index (χ1) is 7.80. The van der Waals surface area contributed by atoms with Crippen LogP contribution >= 0.6 is 11.3 Å². The lowest BCUT2D eigenvalue weighted by Crippen LogP contribution is -2.37. The standard InChI is InChI=1S/C12H17NO3S/c1-12(2,3)11(16)13-8(7-10(14)15)9-5-4-6-17-9/h4-6,8H,7H2,1-3H3,(H,13,16)(H,14,15). The molecule has 0 bridgehead atoms. The number of rotatable bonds is 4. The van der Waals surface area contributed by atoms with Gasteiger partial charge in [0.15, 0.2) is 0 Å². The predicted molar refractivity (Wildman–Crippen MR) is 66.9 cm³/mol. The molecule has 0 spiro atoms. The van der Waals surface area contributed by atoms with E-state index in [4.69, 9.17) is 5.11 Å². The number of carboxylic acids is 1. The minimum Gasteiger partial charge on any atom is -0.481 e. The van der Waals surface area contributed by atoms with Gasteiger partial charge < -0.3 is 10.4 Å². The number of carbonyl (C=O) groups is 2. The zero-order valence-corrected chi connectivity index (χ0v) is 11.0. The number of nitrogens with one attached hydrogen (secondary N) is 1. The van der Waals surface area contributed by atoms with E-state index in [1.54, 1.807) is 20.8 Å². The third-order valence-electron chi connectivity index (χ3n) is 2.25. The van der Waals surface area contributed by atoms with E-state index in [9.17, 15) is 9.59 Å². The van der Waals surface area contributed by atoms with Gasteiger partial charge >= 0.3 is 5.97 Å². The Hall–Kier alpha value is -1.36. The lowest BCUT2D eigenvalue weighted by Gasteiger charge is -2.22. The van der Waals surface area contributed by atoms with Gasteiger partial charge in [0.05, 0.1) is 12.5 Å². The molecule has 0 aliphatic heterocycles. The van der Waals surface area contributed by atoms with Gasteiger partial charge in [-0.15, -0.1) is 11.3 Å². The van der Waals surface area contributed by atoms with Gasteiger partial charge in [-0.2, -0.15) is 0 Å². The second-order valence-electron chi connectivity index (χ2n) is 4.89. The Morgan fingerprint density at radius 1 is 1.47 bits per heavy atom. The zero-order chi connectivity index (χ0) is 13.1. The van der Waals surface area contributed by atoms with Crippen molar-refractivity contribution >= 4 is 23.2 Å². The molecule has 5 heteroatoms. The lowest BCUT2D eigenvalue weighted by molar-refractivity contribution is -0.138. The minimum atomic E-state index is -0.919. The van der Waals surface area contributed by atoms with E-state index >= 15 is 0 Å². The molecule has 94 valence electrons. The average molecular weight is 255 g/mol. The molecule has 0 aliphatic rings. The topological polar surface area (TPSA) is 66.4 Å². The molecule has 1 aromatic rings. The highest BCUT2D eigenvalue weighted by atomic mass is 32.1. The minimum absolute atomic E-state index is 0.0949. The van der Waals surface area contributed by atoms with E-state index in [1.807, 2.05) is 17.5 Å². The Morgan fingerprint density at radius 2 is 2.12 bits per heavy atom. The van der Waals surface area contributed by atoms with Crippen molar-refractivity contribution in [3.63, 3.8) is 0 Å². The Labute approximate surface area is 105 Å². The quantitative estimate of drug-likeness (QED) is 0.868. The summed E-state index contributed by atoms with van der Waals surface area (Å²) >= 11 is 1.45. The number of amides is 1. The summed E-state index contributed by atoms with van der Waals surface area (Å²) in [4.78, 5) is 23.5. The molecule has 1 aromatic heterocycles. The van der Waals surface area contributed by atoms with Crippen molar-refractivity contribution in [3.05, 3.63) is 22.4 Å². The molecule has 2 N–H and O–H groups in total. The number of carbonyl (C=O) groups excluding carboxylic acids is 1. The molecule has 0 saturated heterocycles. The highest BCUT2D eigenvalue weighted by Gasteiger charge is 2.26. The van der Waals surface area contributed by atoms with Crippen LogP contribution in [0.3, 0.4) is 0 Å². The molecule has 0 fully saturated rings. The molecule has 0 radical (unpaired) electrons. The Bertz CT molecular complexity index is 392. The van der Waals surface area contributed by atoms with Crippen LogP contribution in [-0.4, -0.2) is 17.0 Å². The summed E-state index contributed by atoms with van der Waals surface area (Å²) in [6.45, 7) is 5.40. The van der Waals surface area contributed by atoms with Crippen LogP contribution in [0.1, 0.15) is 38.1 Å². The van der Waals surface area contributed by atoms with Crippen LogP contribution in [0.4, 0.5) is 0 Å². The molecule has 17 heavy (non-hydrogen) atoms. The van der Waals surface area contributed by atoms with Crippen LogP contribution in [0.2, 0.25) is 0 Å². The van der Waals surface area contributed by atoms with Crippen molar-refractivity contribution in [2.75, 3.05) is 0 Å². The highest BCUT2D eigenvalue weighted by molar-refractivity contribution is 7.10. The van der Waals surface area contributed by atoms with Crippen molar-refractivity contribution in [1.29, 1.82) is 0 Å². The van der Waals surface area contributed by atoms with E-state index in [0.29, 0.717) is 0 Å². The second kappa shape index (κ2) is 5.31. The highest BCUT2D eigenvalue weighted by Crippen LogP contribution is 2.24. The maximum atomic E-state index is 11.9. The zero-order valence-electron chi connectivity index (χ0n) is 10.2. The van der Waals surface area contributed by atoms with E-state index < -0.39 is 17.4 Å². The molecule has 4 nitrogen and oxygen atoms in total. The smallest absolute Gasteiger partial charge is 0.305 e. The molecular weight excluding hydrogens is 238 g/mol. The number of thiophene rings is 1. The van der Waals surface area contributed by atoms with Crippen LogP contribution in [0.5, 0.6) is 0 Å². The van der Waals surface area contributed by atoms with Crippen LogP contribution < -0.4 is 5.32 Å². The molecule has 1 unspecified atom stereocenters. The van der Waals surface area contributed by atoms with Gasteiger partial charge in [0.2, 0.25) is 5.91 Å². The lowest BCUT2D eigenvalue weighted by atomic mass is 9.95. The molecule has 1 heterocycles. The van der Waals surface area contributed by atoms with Crippen LogP contribution in [0.15, 0.2) is 17.5 Å².